The molecular formula is C20H26ClN7O. The number of para-hydroxylation sites is 1. The maximum atomic E-state index is 13.1. The van der Waals surface area contributed by atoms with Crippen LogP contribution in [0.15, 0.2) is 42.1 Å². The van der Waals surface area contributed by atoms with E-state index >= 15 is 0 Å². The van der Waals surface area contributed by atoms with Gasteiger partial charge >= 0.3 is 0 Å². The Morgan fingerprint density at radius 2 is 2.21 bits per heavy atom. The van der Waals surface area contributed by atoms with Gasteiger partial charge in [-0.15, -0.1) is 0 Å². The quantitative estimate of drug-likeness (QED) is 0.403. The number of nitrogens with zero attached hydrogens (tertiary/aromatic N) is 4. The van der Waals surface area contributed by atoms with Gasteiger partial charge in [-0.05, 0) is 50.3 Å². The molecule has 0 aliphatic carbocycles. The summed E-state index contributed by atoms with van der Waals surface area (Å²) in [6.45, 7) is 3.43. The van der Waals surface area contributed by atoms with E-state index in [0.717, 1.165) is 36.3 Å². The fraction of sp³-hybridized carbons (Fsp3) is 0.400. The SMILES string of the molecule is CC1C=C(C(=O)N(N)c2nc3cccc(Cl)c3n2[C@@H]2CCCCN(N)C2)C=CN1. The van der Waals surface area contributed by atoms with Gasteiger partial charge in [0.1, 0.15) is 0 Å². The summed E-state index contributed by atoms with van der Waals surface area (Å²) < 4.78 is 1.98. The predicted molar refractivity (Wildman–Crippen MR) is 115 cm³/mol. The smallest absolute Gasteiger partial charge is 0.274 e. The molecule has 2 atom stereocenters. The minimum atomic E-state index is -0.319. The summed E-state index contributed by atoms with van der Waals surface area (Å²) in [5, 5.41) is 6.63. The Hall–Kier alpha value is -2.39. The molecule has 1 unspecified atom stereocenters. The number of benzene rings is 1. The molecule has 154 valence electrons. The summed E-state index contributed by atoms with van der Waals surface area (Å²) in [7, 11) is 0. The standard InChI is InChI=1S/C20H26ClN7O/c1-13-11-14(8-9-24-13)19(29)28(23)20-25-17-7-4-6-16(21)18(17)27(20)15-5-2-3-10-26(22)12-15/h4,6-9,11,13,15,24H,2-3,5,10,12,22-23H2,1H3/t13?,15-/m1/s1. The van der Waals surface area contributed by atoms with Gasteiger partial charge in [-0.25, -0.2) is 20.8 Å². The van der Waals surface area contributed by atoms with Crippen LogP contribution < -0.4 is 22.0 Å². The number of dihydropyridines is 1. The number of nitrogens with two attached hydrogens (primary N) is 2. The number of rotatable bonds is 3. The van der Waals surface area contributed by atoms with Gasteiger partial charge in [0.15, 0.2) is 0 Å². The van der Waals surface area contributed by atoms with Gasteiger partial charge in [0.25, 0.3) is 5.91 Å². The molecule has 9 heteroatoms. The molecule has 2 aliphatic heterocycles. The molecule has 0 spiro atoms. The Morgan fingerprint density at radius 1 is 1.38 bits per heavy atom. The van der Waals surface area contributed by atoms with E-state index in [0.29, 0.717) is 28.6 Å². The molecule has 1 aromatic heterocycles. The highest BCUT2D eigenvalue weighted by Gasteiger charge is 2.29. The van der Waals surface area contributed by atoms with Gasteiger partial charge in [0.05, 0.1) is 22.1 Å². The number of carbonyl (C=O) groups is 1. The van der Waals surface area contributed by atoms with Crippen molar-refractivity contribution in [3.05, 3.63) is 47.1 Å². The van der Waals surface area contributed by atoms with Crippen LogP contribution in [0.25, 0.3) is 11.0 Å². The maximum Gasteiger partial charge on any atom is 0.274 e. The number of nitrogens with one attached hydrogen (secondary N) is 1. The van der Waals surface area contributed by atoms with Gasteiger partial charge in [0, 0.05) is 24.7 Å². The van der Waals surface area contributed by atoms with Crippen LogP contribution in [0.3, 0.4) is 0 Å². The van der Waals surface area contributed by atoms with Crippen LogP contribution in [-0.2, 0) is 4.79 Å². The van der Waals surface area contributed by atoms with E-state index in [1.54, 1.807) is 12.3 Å². The minimum Gasteiger partial charge on any atom is -0.385 e. The molecule has 4 rings (SSSR count). The first-order valence-corrected chi connectivity index (χ1v) is 10.2. The number of halogens is 1. The van der Waals surface area contributed by atoms with Crippen LogP contribution in [0, 0.1) is 0 Å². The minimum absolute atomic E-state index is 0.0118. The fourth-order valence-electron chi connectivity index (χ4n) is 4.00. The Morgan fingerprint density at radius 3 is 3.00 bits per heavy atom. The molecule has 0 bridgehead atoms. The predicted octanol–water partition coefficient (Wildman–Crippen LogP) is 2.23. The second kappa shape index (κ2) is 8.16. The molecular weight excluding hydrogens is 390 g/mol. The highest BCUT2D eigenvalue weighted by Crippen LogP contribution is 2.34. The Labute approximate surface area is 174 Å². The average molecular weight is 416 g/mol. The van der Waals surface area contributed by atoms with E-state index in [2.05, 4.69) is 10.3 Å². The zero-order chi connectivity index (χ0) is 20.5. The third-order valence-electron chi connectivity index (χ3n) is 5.42. The van der Waals surface area contributed by atoms with Crippen LogP contribution in [0.4, 0.5) is 5.95 Å². The number of hydrogen-bond acceptors (Lipinski definition) is 6. The molecule has 2 aliphatic rings. The van der Waals surface area contributed by atoms with E-state index in [1.807, 2.05) is 40.8 Å². The summed E-state index contributed by atoms with van der Waals surface area (Å²) in [5.74, 6) is 12.5. The third-order valence-corrected chi connectivity index (χ3v) is 5.72. The van der Waals surface area contributed by atoms with Gasteiger partial charge < -0.3 is 9.88 Å². The first kappa shape index (κ1) is 19.9. The number of imidazole rings is 1. The van der Waals surface area contributed by atoms with Crippen molar-refractivity contribution in [1.82, 2.24) is 19.9 Å². The van der Waals surface area contributed by atoms with Crippen LogP contribution in [0.2, 0.25) is 5.02 Å². The second-order valence-electron chi connectivity index (χ2n) is 7.62. The Kier molecular flexibility index (Phi) is 5.60. The zero-order valence-corrected chi connectivity index (χ0v) is 17.1. The van der Waals surface area contributed by atoms with Crippen molar-refractivity contribution in [1.29, 1.82) is 0 Å². The Bertz CT molecular complexity index is 983. The van der Waals surface area contributed by atoms with E-state index in [-0.39, 0.29) is 18.0 Å². The molecule has 1 fully saturated rings. The van der Waals surface area contributed by atoms with Gasteiger partial charge in [0.2, 0.25) is 5.95 Å². The summed E-state index contributed by atoms with van der Waals surface area (Å²) in [5.41, 5.74) is 1.99. The molecule has 2 aromatic rings. The third kappa shape index (κ3) is 3.89. The van der Waals surface area contributed by atoms with Crippen LogP contribution >= 0.6 is 11.6 Å². The number of hydrogen-bond donors (Lipinski definition) is 3. The maximum absolute atomic E-state index is 13.1. The van der Waals surface area contributed by atoms with Crippen molar-refractivity contribution >= 4 is 34.5 Å². The molecule has 0 saturated carbocycles. The van der Waals surface area contributed by atoms with E-state index in [4.69, 9.17) is 23.3 Å². The van der Waals surface area contributed by atoms with E-state index in [1.165, 1.54) is 0 Å². The second-order valence-corrected chi connectivity index (χ2v) is 8.03. The van der Waals surface area contributed by atoms with Crippen molar-refractivity contribution in [2.75, 3.05) is 18.1 Å². The number of aromatic nitrogens is 2. The van der Waals surface area contributed by atoms with Crippen molar-refractivity contribution < 1.29 is 4.79 Å². The number of anilines is 1. The first-order chi connectivity index (χ1) is 14.0. The number of fused-ring (bicyclic) bond motifs is 1. The molecule has 1 amide bonds. The average Bonchev–Trinajstić information content (AvgIpc) is 2.97. The number of amides is 1. The summed E-state index contributed by atoms with van der Waals surface area (Å²) in [4.78, 5) is 17.8. The van der Waals surface area contributed by atoms with Gasteiger partial charge in [-0.3, -0.25) is 10.6 Å². The lowest BCUT2D eigenvalue weighted by Crippen LogP contribution is -2.42. The van der Waals surface area contributed by atoms with Crippen LogP contribution in [0.5, 0.6) is 0 Å². The largest absolute Gasteiger partial charge is 0.385 e. The van der Waals surface area contributed by atoms with Crippen molar-refractivity contribution in [3.63, 3.8) is 0 Å². The highest BCUT2D eigenvalue weighted by molar-refractivity contribution is 6.35. The van der Waals surface area contributed by atoms with Crippen molar-refractivity contribution in [3.8, 4) is 0 Å². The van der Waals surface area contributed by atoms with E-state index < -0.39 is 0 Å². The molecule has 0 radical (unpaired) electrons. The Balaban J connectivity index is 1.80. The molecule has 8 nitrogen and oxygen atoms in total. The lowest BCUT2D eigenvalue weighted by Gasteiger charge is -2.26. The summed E-state index contributed by atoms with van der Waals surface area (Å²) >= 11 is 6.54. The van der Waals surface area contributed by atoms with E-state index in [9.17, 15) is 4.79 Å². The number of hydrazine groups is 2. The topological polar surface area (TPSA) is 105 Å². The normalized spacial score (nSPS) is 22.8. The van der Waals surface area contributed by atoms with Crippen molar-refractivity contribution in [2.24, 2.45) is 11.7 Å². The van der Waals surface area contributed by atoms with Crippen molar-refractivity contribution in [2.45, 2.75) is 38.3 Å². The molecule has 29 heavy (non-hydrogen) atoms. The molecule has 1 aromatic carbocycles. The lowest BCUT2D eigenvalue weighted by atomic mass is 10.1. The summed E-state index contributed by atoms with van der Waals surface area (Å²) in [6.07, 6.45) is 8.27. The van der Waals surface area contributed by atoms with Gasteiger partial charge in [-0.2, -0.15) is 0 Å². The number of carbonyl (C=O) groups excluding carboxylic acids is 1. The summed E-state index contributed by atoms with van der Waals surface area (Å²) in [6, 6.07) is 5.61. The fourth-order valence-corrected chi connectivity index (χ4v) is 4.26. The first-order valence-electron chi connectivity index (χ1n) is 9.85. The molecule has 3 heterocycles. The van der Waals surface area contributed by atoms with Gasteiger partial charge in [-0.1, -0.05) is 24.1 Å². The highest BCUT2D eigenvalue weighted by atomic mass is 35.5. The van der Waals surface area contributed by atoms with Crippen LogP contribution in [-0.4, -0.2) is 39.6 Å². The van der Waals surface area contributed by atoms with Crippen LogP contribution in [0.1, 0.15) is 32.2 Å². The molecule has 1 saturated heterocycles. The molecule has 5 N–H and O–H groups in total. The monoisotopic (exact) mass is 415 g/mol. The lowest BCUT2D eigenvalue weighted by molar-refractivity contribution is -0.115. The zero-order valence-electron chi connectivity index (χ0n) is 16.4.